The Morgan fingerprint density at radius 1 is 1.11 bits per heavy atom. The van der Waals surface area contributed by atoms with Gasteiger partial charge in [0.1, 0.15) is 4.90 Å². The van der Waals surface area contributed by atoms with Crippen molar-refractivity contribution in [2.24, 2.45) is 0 Å². The Morgan fingerprint density at radius 3 is 1.95 bits per heavy atom. The zero-order chi connectivity index (χ0) is 14.8. The van der Waals surface area contributed by atoms with E-state index in [1.54, 1.807) is 0 Å². The van der Waals surface area contributed by atoms with Crippen molar-refractivity contribution in [2.75, 3.05) is 7.05 Å². The smallest absolute Gasteiger partial charge is 0.220 e. The predicted molar refractivity (Wildman–Crippen MR) is 53.2 cm³/mol. The third kappa shape index (κ3) is 2.98. The summed E-state index contributed by atoms with van der Waals surface area (Å²) >= 11 is -0.389. The quantitative estimate of drug-likeness (QED) is 0.281. The van der Waals surface area contributed by atoms with Crippen LogP contribution in [0.2, 0.25) is 0 Å². The van der Waals surface area contributed by atoms with E-state index in [2.05, 4.69) is 9.37 Å². The number of sulfonamides is 1. The molecule has 19 heavy (non-hydrogen) atoms. The SMILES string of the molecule is CNS(=O)(=O)c1c(F)c(F)c(SOOO)c(F)c1F. The number of hydrogen-bond donors (Lipinski definition) is 2. The van der Waals surface area contributed by atoms with Gasteiger partial charge in [-0.05, 0) is 7.05 Å². The molecule has 0 saturated heterocycles. The van der Waals surface area contributed by atoms with Crippen LogP contribution in [0.25, 0.3) is 0 Å². The topological polar surface area (TPSA) is 84.9 Å². The molecule has 0 radical (unpaired) electrons. The molecule has 0 aliphatic carbocycles. The highest BCUT2D eigenvalue weighted by atomic mass is 32.2. The second kappa shape index (κ2) is 6.02. The number of halogens is 4. The monoisotopic (exact) mass is 323 g/mol. The van der Waals surface area contributed by atoms with Crippen LogP contribution in [-0.4, -0.2) is 20.7 Å². The second-order valence-corrected chi connectivity index (χ2v) is 5.38. The Bertz CT molecular complexity index is 565. The lowest BCUT2D eigenvalue weighted by Gasteiger charge is -2.10. The van der Waals surface area contributed by atoms with Crippen LogP contribution >= 0.6 is 12.0 Å². The second-order valence-electron chi connectivity index (χ2n) is 2.85. The predicted octanol–water partition coefficient (Wildman–Crippen LogP) is 1.58. The average molecular weight is 323 g/mol. The number of benzene rings is 1. The zero-order valence-electron chi connectivity index (χ0n) is 8.91. The van der Waals surface area contributed by atoms with E-state index in [1.165, 1.54) is 4.72 Å². The van der Waals surface area contributed by atoms with Gasteiger partial charge in [-0.2, -0.15) is 0 Å². The summed E-state index contributed by atoms with van der Waals surface area (Å²) in [5, 5.41) is 10.8. The highest BCUT2D eigenvalue weighted by Crippen LogP contribution is 2.33. The molecule has 0 amide bonds. The van der Waals surface area contributed by atoms with E-state index in [0.29, 0.717) is 0 Å². The summed E-state index contributed by atoms with van der Waals surface area (Å²) < 4.78 is 81.3. The van der Waals surface area contributed by atoms with Crippen LogP contribution in [0.3, 0.4) is 0 Å². The van der Waals surface area contributed by atoms with Crippen molar-refractivity contribution in [3.8, 4) is 0 Å². The van der Waals surface area contributed by atoms with Gasteiger partial charge in [0.2, 0.25) is 10.0 Å². The summed E-state index contributed by atoms with van der Waals surface area (Å²) in [5.74, 6) is -8.32. The molecule has 0 aliphatic rings. The number of nitrogens with one attached hydrogen (secondary N) is 1. The molecule has 0 unspecified atom stereocenters. The highest BCUT2D eigenvalue weighted by Gasteiger charge is 2.33. The van der Waals surface area contributed by atoms with Crippen LogP contribution in [0, 0.1) is 23.3 Å². The first-order valence-corrected chi connectivity index (χ1v) is 6.44. The molecule has 0 atom stereocenters. The van der Waals surface area contributed by atoms with E-state index >= 15 is 0 Å². The van der Waals surface area contributed by atoms with E-state index in [9.17, 15) is 26.0 Å². The molecule has 0 aliphatic heterocycles. The van der Waals surface area contributed by atoms with Gasteiger partial charge < -0.3 is 0 Å². The molecule has 6 nitrogen and oxygen atoms in total. The molecule has 108 valence electrons. The number of rotatable bonds is 5. The van der Waals surface area contributed by atoms with Crippen molar-refractivity contribution in [1.29, 1.82) is 0 Å². The third-order valence-electron chi connectivity index (χ3n) is 1.87. The van der Waals surface area contributed by atoms with Crippen LogP contribution in [0.4, 0.5) is 17.6 Å². The summed E-state index contributed by atoms with van der Waals surface area (Å²) in [4.78, 5) is -3.17. The van der Waals surface area contributed by atoms with Gasteiger partial charge >= 0.3 is 0 Å². The average Bonchev–Trinajstić information content (AvgIpc) is 2.36. The number of hydrogen-bond acceptors (Lipinski definition) is 6. The summed E-state index contributed by atoms with van der Waals surface area (Å²) in [5.41, 5.74) is 0. The van der Waals surface area contributed by atoms with Crippen LogP contribution in [0.15, 0.2) is 9.79 Å². The van der Waals surface area contributed by atoms with Crippen molar-refractivity contribution >= 4 is 22.1 Å². The molecular weight excluding hydrogens is 318 g/mol. The summed E-state index contributed by atoms with van der Waals surface area (Å²) in [6, 6.07) is 0. The molecule has 0 bridgehead atoms. The Labute approximate surface area is 108 Å². The van der Waals surface area contributed by atoms with Crippen molar-refractivity contribution in [2.45, 2.75) is 9.79 Å². The first kappa shape index (κ1) is 16.1. The maximum absolute atomic E-state index is 13.4. The van der Waals surface area contributed by atoms with E-state index in [-0.39, 0.29) is 12.0 Å². The molecule has 1 rings (SSSR count). The Kier molecular flexibility index (Phi) is 5.11. The molecule has 1 aromatic rings. The first-order valence-electron chi connectivity index (χ1n) is 4.22. The van der Waals surface area contributed by atoms with Crippen molar-refractivity contribution in [3.05, 3.63) is 23.3 Å². The van der Waals surface area contributed by atoms with Gasteiger partial charge in [-0.15, -0.1) is 4.33 Å². The van der Waals surface area contributed by atoms with E-state index in [1.807, 2.05) is 0 Å². The molecule has 0 heterocycles. The normalized spacial score (nSPS) is 11.9. The summed E-state index contributed by atoms with van der Waals surface area (Å²) in [7, 11) is -3.95. The van der Waals surface area contributed by atoms with Crippen molar-refractivity contribution in [1.82, 2.24) is 4.72 Å². The lowest BCUT2D eigenvalue weighted by Crippen LogP contribution is -2.23. The van der Waals surface area contributed by atoms with Crippen molar-refractivity contribution in [3.63, 3.8) is 0 Å². The lowest BCUT2D eigenvalue weighted by molar-refractivity contribution is -0.432. The third-order valence-corrected chi connectivity index (χ3v) is 3.96. The molecule has 0 spiro atoms. The fraction of sp³-hybridized carbons (Fsp3) is 0.143. The van der Waals surface area contributed by atoms with Gasteiger partial charge in [0.15, 0.2) is 28.2 Å². The molecule has 12 heteroatoms. The molecule has 1 aromatic carbocycles. The largest absolute Gasteiger partial charge is 0.246 e. The van der Waals surface area contributed by atoms with E-state index < -0.39 is 43.1 Å². The standard InChI is InChI=1S/C7H5F4NO5S2/c1-12-19(14,15)7-4(10)2(8)6(18-17-16-13)3(9)5(7)11/h12-13H,1H3. The minimum atomic E-state index is -4.75. The van der Waals surface area contributed by atoms with Gasteiger partial charge in [0, 0.05) is 0 Å². The summed E-state index contributed by atoms with van der Waals surface area (Å²) in [6.07, 6.45) is 0. The Hall–Kier alpha value is -0.920. The Morgan fingerprint density at radius 2 is 1.58 bits per heavy atom. The molecule has 0 fully saturated rings. The van der Waals surface area contributed by atoms with Gasteiger partial charge in [0.25, 0.3) is 0 Å². The van der Waals surface area contributed by atoms with Gasteiger partial charge in [-0.25, -0.2) is 36.0 Å². The van der Waals surface area contributed by atoms with Gasteiger partial charge in [0.05, 0.1) is 12.0 Å². The highest BCUT2D eigenvalue weighted by molar-refractivity contribution is 7.94. The minimum Gasteiger partial charge on any atom is -0.220 e. The zero-order valence-corrected chi connectivity index (χ0v) is 10.5. The Balaban J connectivity index is 3.57. The van der Waals surface area contributed by atoms with Crippen LogP contribution in [-0.2, 0) is 19.4 Å². The molecule has 0 saturated carbocycles. The van der Waals surface area contributed by atoms with E-state index in [0.717, 1.165) is 7.05 Å². The fourth-order valence-corrected chi connectivity index (χ4v) is 2.33. The maximum Gasteiger partial charge on any atom is 0.246 e. The fourth-order valence-electron chi connectivity index (χ4n) is 1.05. The van der Waals surface area contributed by atoms with Gasteiger partial charge in [-0.1, -0.05) is 5.04 Å². The summed E-state index contributed by atoms with van der Waals surface area (Å²) in [6.45, 7) is 0. The lowest BCUT2D eigenvalue weighted by atomic mass is 10.3. The van der Waals surface area contributed by atoms with Crippen LogP contribution < -0.4 is 4.72 Å². The molecule has 2 N–H and O–H groups in total. The van der Waals surface area contributed by atoms with E-state index in [4.69, 9.17) is 5.26 Å². The van der Waals surface area contributed by atoms with Crippen LogP contribution in [0.1, 0.15) is 0 Å². The maximum atomic E-state index is 13.4. The van der Waals surface area contributed by atoms with Crippen molar-refractivity contribution < 1.29 is 40.6 Å². The van der Waals surface area contributed by atoms with Crippen LogP contribution in [0.5, 0.6) is 0 Å². The minimum absolute atomic E-state index is 0.389. The molecular formula is C7H5F4NO5S2. The molecule has 0 aromatic heterocycles. The first-order chi connectivity index (χ1) is 8.77. The van der Waals surface area contributed by atoms with Gasteiger partial charge in [-0.3, -0.25) is 0 Å².